The second-order valence-electron chi connectivity index (χ2n) is 5.96. The predicted octanol–water partition coefficient (Wildman–Crippen LogP) is 2.83. The molecule has 2 aliphatic rings. The van der Waals surface area contributed by atoms with Gasteiger partial charge in [0.25, 0.3) is 0 Å². The largest absolute Gasteiger partial charge is 0.469 e. The Labute approximate surface area is 132 Å². The van der Waals surface area contributed by atoms with E-state index in [0.29, 0.717) is 19.6 Å². The molecule has 2 heterocycles. The number of hydrogen-bond acceptors (Lipinski definition) is 5. The van der Waals surface area contributed by atoms with Crippen molar-refractivity contribution in [3.05, 3.63) is 12.2 Å². The van der Waals surface area contributed by atoms with E-state index >= 15 is 0 Å². The Balaban J connectivity index is 2.11. The number of ether oxygens (including phenoxy) is 4. The maximum Gasteiger partial charge on any atom is 0.312 e. The molecule has 22 heavy (non-hydrogen) atoms. The van der Waals surface area contributed by atoms with Gasteiger partial charge in [0.05, 0.1) is 19.1 Å². The monoisotopic (exact) mass is 312 g/mol. The van der Waals surface area contributed by atoms with Crippen LogP contribution in [0.5, 0.6) is 0 Å². The fourth-order valence-electron chi connectivity index (χ4n) is 3.04. The standard InChI is InChI=1S/C17H28O5/c1-4-6-10-20-16(21-11-7-5-2)17-9-8-13(22-17)12-14(17)15(18)19-3/h8-9,13-14,16H,4-7,10-12H2,1-3H3. The van der Waals surface area contributed by atoms with Gasteiger partial charge in [-0.3, -0.25) is 4.79 Å². The molecule has 0 spiro atoms. The van der Waals surface area contributed by atoms with Gasteiger partial charge in [-0.15, -0.1) is 0 Å². The highest BCUT2D eigenvalue weighted by Gasteiger charge is 2.59. The fraction of sp³-hybridized carbons (Fsp3) is 0.824. The Hall–Kier alpha value is -0.910. The second kappa shape index (κ2) is 8.09. The Morgan fingerprint density at radius 3 is 2.41 bits per heavy atom. The van der Waals surface area contributed by atoms with Crippen molar-refractivity contribution in [1.29, 1.82) is 0 Å². The van der Waals surface area contributed by atoms with Crippen LogP contribution in [0.3, 0.4) is 0 Å². The molecule has 0 aliphatic carbocycles. The summed E-state index contributed by atoms with van der Waals surface area (Å²) in [7, 11) is 1.41. The molecule has 1 saturated heterocycles. The van der Waals surface area contributed by atoms with E-state index < -0.39 is 11.9 Å². The highest BCUT2D eigenvalue weighted by molar-refractivity contribution is 5.75. The third kappa shape index (κ3) is 3.53. The lowest BCUT2D eigenvalue weighted by Gasteiger charge is -2.36. The topological polar surface area (TPSA) is 54.0 Å². The van der Waals surface area contributed by atoms with Crippen molar-refractivity contribution in [2.75, 3.05) is 20.3 Å². The second-order valence-corrected chi connectivity index (χ2v) is 5.96. The molecule has 0 aromatic heterocycles. The Bertz CT molecular complexity index is 385. The van der Waals surface area contributed by atoms with Gasteiger partial charge in [-0.2, -0.15) is 0 Å². The van der Waals surface area contributed by atoms with Crippen molar-refractivity contribution in [3.8, 4) is 0 Å². The van der Waals surface area contributed by atoms with E-state index in [2.05, 4.69) is 13.8 Å². The first kappa shape index (κ1) is 17.4. The predicted molar refractivity (Wildman–Crippen MR) is 82.4 cm³/mol. The van der Waals surface area contributed by atoms with Crippen LogP contribution in [0, 0.1) is 5.92 Å². The number of methoxy groups -OCH3 is 1. The zero-order chi connectivity index (χ0) is 16.0. The van der Waals surface area contributed by atoms with Gasteiger partial charge in [-0.1, -0.05) is 32.8 Å². The average Bonchev–Trinajstić information content (AvgIpc) is 3.12. The van der Waals surface area contributed by atoms with Crippen molar-refractivity contribution in [2.24, 2.45) is 5.92 Å². The van der Waals surface area contributed by atoms with Crippen LogP contribution in [0.25, 0.3) is 0 Å². The fourth-order valence-corrected chi connectivity index (χ4v) is 3.04. The van der Waals surface area contributed by atoms with Gasteiger partial charge in [0.1, 0.15) is 0 Å². The van der Waals surface area contributed by atoms with E-state index in [9.17, 15) is 4.79 Å². The Morgan fingerprint density at radius 2 is 1.91 bits per heavy atom. The van der Waals surface area contributed by atoms with Crippen LogP contribution in [-0.2, 0) is 23.7 Å². The number of rotatable bonds is 10. The van der Waals surface area contributed by atoms with E-state index in [1.54, 1.807) is 0 Å². The van der Waals surface area contributed by atoms with Gasteiger partial charge in [0.15, 0.2) is 11.9 Å². The Morgan fingerprint density at radius 1 is 1.27 bits per heavy atom. The molecule has 2 aliphatic heterocycles. The van der Waals surface area contributed by atoms with Crippen LogP contribution < -0.4 is 0 Å². The molecular formula is C17H28O5. The molecule has 126 valence electrons. The number of hydrogen-bond donors (Lipinski definition) is 0. The van der Waals surface area contributed by atoms with Gasteiger partial charge in [-0.05, 0) is 25.3 Å². The van der Waals surface area contributed by atoms with Crippen molar-refractivity contribution in [1.82, 2.24) is 0 Å². The van der Waals surface area contributed by atoms with E-state index in [1.807, 2.05) is 12.2 Å². The summed E-state index contributed by atoms with van der Waals surface area (Å²) < 4.78 is 22.9. The lowest BCUT2D eigenvalue weighted by Crippen LogP contribution is -2.50. The van der Waals surface area contributed by atoms with Crippen molar-refractivity contribution in [2.45, 2.75) is 63.9 Å². The van der Waals surface area contributed by atoms with Crippen LogP contribution in [0.2, 0.25) is 0 Å². The molecule has 0 radical (unpaired) electrons. The molecule has 0 amide bonds. The van der Waals surface area contributed by atoms with Crippen molar-refractivity contribution in [3.63, 3.8) is 0 Å². The number of carbonyl (C=O) groups excluding carboxylic acids is 1. The van der Waals surface area contributed by atoms with Gasteiger partial charge in [0.2, 0.25) is 0 Å². The summed E-state index contributed by atoms with van der Waals surface area (Å²) in [6, 6.07) is 0. The molecular weight excluding hydrogens is 284 g/mol. The highest BCUT2D eigenvalue weighted by atomic mass is 16.7. The lowest BCUT2D eigenvalue weighted by molar-refractivity contribution is -0.236. The number of carbonyl (C=O) groups is 1. The third-order valence-corrected chi connectivity index (χ3v) is 4.33. The summed E-state index contributed by atoms with van der Waals surface area (Å²) >= 11 is 0. The van der Waals surface area contributed by atoms with Gasteiger partial charge in [0, 0.05) is 13.2 Å². The lowest BCUT2D eigenvalue weighted by atomic mass is 9.82. The zero-order valence-corrected chi connectivity index (χ0v) is 13.9. The number of fused-ring (bicyclic) bond motifs is 2. The van der Waals surface area contributed by atoms with Gasteiger partial charge < -0.3 is 18.9 Å². The molecule has 5 nitrogen and oxygen atoms in total. The first-order valence-corrected chi connectivity index (χ1v) is 8.36. The van der Waals surface area contributed by atoms with Crippen LogP contribution in [0.1, 0.15) is 46.0 Å². The first-order chi connectivity index (χ1) is 10.7. The normalized spacial score (nSPS) is 29.5. The van der Waals surface area contributed by atoms with Gasteiger partial charge >= 0.3 is 5.97 Å². The number of unbranched alkanes of at least 4 members (excludes halogenated alkanes) is 2. The zero-order valence-electron chi connectivity index (χ0n) is 13.9. The smallest absolute Gasteiger partial charge is 0.312 e. The number of esters is 1. The van der Waals surface area contributed by atoms with Gasteiger partial charge in [-0.25, -0.2) is 0 Å². The molecule has 2 bridgehead atoms. The summed E-state index contributed by atoms with van der Waals surface area (Å²) in [5.74, 6) is -0.615. The highest BCUT2D eigenvalue weighted by Crippen LogP contribution is 2.47. The molecule has 0 aromatic carbocycles. The molecule has 0 N–H and O–H groups in total. The van der Waals surface area contributed by atoms with Crippen molar-refractivity contribution < 1.29 is 23.7 Å². The molecule has 3 atom stereocenters. The molecule has 0 saturated carbocycles. The molecule has 0 aromatic rings. The summed E-state index contributed by atoms with van der Waals surface area (Å²) in [6.45, 7) is 5.43. The van der Waals surface area contributed by atoms with E-state index in [1.165, 1.54) is 7.11 Å². The summed E-state index contributed by atoms with van der Waals surface area (Å²) in [5.41, 5.74) is -0.834. The van der Waals surface area contributed by atoms with Crippen LogP contribution >= 0.6 is 0 Å². The summed E-state index contributed by atoms with van der Waals surface area (Å²) in [6.07, 6.45) is 7.98. The minimum Gasteiger partial charge on any atom is -0.469 e. The van der Waals surface area contributed by atoms with Crippen molar-refractivity contribution >= 4 is 5.97 Å². The molecule has 5 heteroatoms. The minimum absolute atomic E-state index is 0.0452. The molecule has 2 rings (SSSR count). The van der Waals surface area contributed by atoms with Crippen LogP contribution in [0.15, 0.2) is 12.2 Å². The SMILES string of the molecule is CCCCOC(OCCCC)C12C=CC(CC1C(=O)OC)O2. The first-order valence-electron chi connectivity index (χ1n) is 8.36. The van der Waals surface area contributed by atoms with Crippen LogP contribution in [0.4, 0.5) is 0 Å². The summed E-state index contributed by atoms with van der Waals surface area (Å²) in [4.78, 5) is 12.1. The maximum absolute atomic E-state index is 12.1. The Kier molecular flexibility index (Phi) is 6.41. The quantitative estimate of drug-likeness (QED) is 0.269. The van der Waals surface area contributed by atoms with E-state index in [-0.39, 0.29) is 18.0 Å². The average molecular weight is 312 g/mol. The molecule has 3 unspecified atom stereocenters. The van der Waals surface area contributed by atoms with E-state index in [4.69, 9.17) is 18.9 Å². The summed E-state index contributed by atoms with van der Waals surface area (Å²) in [5, 5.41) is 0. The maximum atomic E-state index is 12.1. The minimum atomic E-state index is -0.834. The van der Waals surface area contributed by atoms with Crippen LogP contribution in [-0.4, -0.2) is 44.3 Å². The molecule has 1 fully saturated rings. The third-order valence-electron chi connectivity index (χ3n) is 4.33. The van der Waals surface area contributed by atoms with E-state index in [0.717, 1.165) is 25.7 Å².